The number of ether oxygens (including phenoxy) is 4. The summed E-state index contributed by atoms with van der Waals surface area (Å²) in [5.41, 5.74) is -0.953. The van der Waals surface area contributed by atoms with E-state index >= 15 is 0 Å². The van der Waals surface area contributed by atoms with Crippen LogP contribution < -0.4 is 0 Å². The van der Waals surface area contributed by atoms with Gasteiger partial charge in [-0.05, 0) is 31.4 Å². The summed E-state index contributed by atoms with van der Waals surface area (Å²) >= 11 is 0. The van der Waals surface area contributed by atoms with Gasteiger partial charge in [0.1, 0.15) is 6.29 Å². The number of aliphatic hydroxyl groups excluding tert-OH is 1. The Balaban J connectivity index is 3.35. The van der Waals surface area contributed by atoms with Crippen LogP contribution in [0.2, 0.25) is 0 Å². The number of rotatable bonds is 12. The molecule has 1 rings (SSSR count). The third-order valence-corrected chi connectivity index (χ3v) is 5.73. The van der Waals surface area contributed by atoms with Crippen LogP contribution >= 0.6 is 0 Å². The largest absolute Gasteiger partial charge is 0.466 e. The Bertz CT molecular complexity index is 727. The molecule has 0 unspecified atom stereocenters. The van der Waals surface area contributed by atoms with Crippen molar-refractivity contribution in [2.24, 2.45) is 5.41 Å². The molecule has 2 N–H and O–H groups in total. The molecule has 0 aromatic rings. The molecule has 33 heavy (non-hydrogen) atoms. The summed E-state index contributed by atoms with van der Waals surface area (Å²) in [6.45, 7) is 8.68. The van der Waals surface area contributed by atoms with Gasteiger partial charge in [-0.2, -0.15) is 0 Å². The van der Waals surface area contributed by atoms with Crippen LogP contribution in [0.3, 0.4) is 0 Å². The van der Waals surface area contributed by atoms with E-state index in [0.29, 0.717) is 12.9 Å². The molecule has 9 heteroatoms. The van der Waals surface area contributed by atoms with Gasteiger partial charge in [-0.25, -0.2) is 4.79 Å². The molecule has 0 spiro atoms. The van der Waals surface area contributed by atoms with Gasteiger partial charge in [0.2, 0.25) is 5.79 Å². The zero-order valence-corrected chi connectivity index (χ0v) is 20.4. The minimum Gasteiger partial charge on any atom is -0.466 e. The summed E-state index contributed by atoms with van der Waals surface area (Å²) in [6, 6.07) is 0. The number of carbonyl (C=O) groups is 3. The summed E-state index contributed by atoms with van der Waals surface area (Å²) in [4.78, 5) is 34.8. The molecule has 0 aromatic carbocycles. The third kappa shape index (κ3) is 8.03. The maximum Gasteiger partial charge on any atom is 0.330 e. The van der Waals surface area contributed by atoms with E-state index in [2.05, 4.69) is 0 Å². The van der Waals surface area contributed by atoms with Crippen molar-refractivity contribution in [1.29, 1.82) is 0 Å². The fraction of sp³-hybridized carbons (Fsp3) is 0.708. The molecule has 5 atom stereocenters. The van der Waals surface area contributed by atoms with Crippen molar-refractivity contribution in [3.05, 3.63) is 23.8 Å². The number of esters is 2. The first kappa shape index (κ1) is 29.0. The molecule has 1 aliphatic rings. The predicted octanol–water partition coefficient (Wildman–Crippen LogP) is 2.23. The van der Waals surface area contributed by atoms with Crippen molar-refractivity contribution >= 4 is 18.2 Å². The van der Waals surface area contributed by atoms with E-state index in [4.69, 9.17) is 18.9 Å². The minimum atomic E-state index is -2.15. The number of unbranched alkanes of at least 4 members (excludes halogenated alkanes) is 1. The van der Waals surface area contributed by atoms with Crippen LogP contribution in [0, 0.1) is 5.41 Å². The molecular weight excluding hydrogens is 432 g/mol. The van der Waals surface area contributed by atoms with Crippen molar-refractivity contribution in [2.45, 2.75) is 90.5 Å². The second-order valence-electron chi connectivity index (χ2n) is 8.82. The number of hydrogen-bond donors (Lipinski definition) is 2. The van der Waals surface area contributed by atoms with Crippen LogP contribution in [0.15, 0.2) is 23.8 Å². The van der Waals surface area contributed by atoms with Gasteiger partial charge in [0.25, 0.3) is 0 Å². The highest BCUT2D eigenvalue weighted by atomic mass is 16.7. The first-order valence-electron chi connectivity index (χ1n) is 11.2. The third-order valence-electron chi connectivity index (χ3n) is 5.73. The number of aliphatic hydroxyl groups is 2. The highest BCUT2D eigenvalue weighted by molar-refractivity contribution is 5.83. The molecule has 0 aliphatic carbocycles. The van der Waals surface area contributed by atoms with Crippen molar-refractivity contribution in [1.82, 2.24) is 0 Å². The van der Waals surface area contributed by atoms with Crippen LogP contribution in [-0.4, -0.2) is 72.4 Å². The van der Waals surface area contributed by atoms with Crippen molar-refractivity contribution in [3.63, 3.8) is 0 Å². The van der Waals surface area contributed by atoms with E-state index < -0.39 is 47.6 Å². The van der Waals surface area contributed by atoms with Crippen LogP contribution in [0.25, 0.3) is 0 Å². The fourth-order valence-corrected chi connectivity index (χ4v) is 3.65. The number of hydrogen-bond acceptors (Lipinski definition) is 9. The minimum absolute atomic E-state index is 0.0916. The van der Waals surface area contributed by atoms with E-state index in [-0.39, 0.29) is 18.4 Å². The van der Waals surface area contributed by atoms with Gasteiger partial charge < -0.3 is 29.2 Å². The zero-order chi connectivity index (χ0) is 25.2. The molecular formula is C24H38O9. The van der Waals surface area contributed by atoms with E-state index in [1.165, 1.54) is 26.2 Å². The number of aldehydes is 1. The van der Waals surface area contributed by atoms with Gasteiger partial charge in [0.05, 0.1) is 25.4 Å². The van der Waals surface area contributed by atoms with Crippen molar-refractivity contribution < 1.29 is 43.5 Å². The fourth-order valence-electron chi connectivity index (χ4n) is 3.65. The average Bonchev–Trinajstić information content (AvgIpc) is 2.74. The predicted molar refractivity (Wildman–Crippen MR) is 120 cm³/mol. The van der Waals surface area contributed by atoms with Crippen LogP contribution in [-0.2, 0) is 33.3 Å². The molecule has 0 radical (unpaired) electrons. The summed E-state index contributed by atoms with van der Waals surface area (Å²) < 4.78 is 21.8. The van der Waals surface area contributed by atoms with Gasteiger partial charge in [0.15, 0.2) is 6.10 Å². The summed E-state index contributed by atoms with van der Waals surface area (Å²) in [7, 11) is 1.21. The Kier molecular flexibility index (Phi) is 11.4. The maximum atomic E-state index is 12.0. The van der Waals surface area contributed by atoms with Crippen molar-refractivity contribution in [3.8, 4) is 0 Å². The lowest BCUT2D eigenvalue weighted by atomic mass is 9.74. The number of carbonyl (C=O) groups excluding carboxylic acids is 3. The molecule has 0 saturated carbocycles. The Labute approximate surface area is 195 Å². The smallest absolute Gasteiger partial charge is 0.330 e. The summed E-state index contributed by atoms with van der Waals surface area (Å²) in [6.07, 6.45) is 2.90. The molecule has 1 aliphatic heterocycles. The van der Waals surface area contributed by atoms with Gasteiger partial charge in [-0.15, -0.1) is 0 Å². The van der Waals surface area contributed by atoms with Gasteiger partial charge in [0, 0.05) is 31.4 Å². The van der Waals surface area contributed by atoms with Gasteiger partial charge in [-0.3, -0.25) is 9.59 Å². The topological polar surface area (TPSA) is 129 Å². The molecule has 0 amide bonds. The second kappa shape index (κ2) is 13.0. The van der Waals surface area contributed by atoms with E-state index in [1.54, 1.807) is 20.8 Å². The van der Waals surface area contributed by atoms with E-state index in [9.17, 15) is 24.6 Å². The SMILES string of the molecule is CCCCO[C@H](C)[C@H](O)C[C@@H]1C/C(=C\C(=O)OC)[C@H](OC(C)=O)[C@](O)(C(C)(C)/C=C/C=O)O1. The van der Waals surface area contributed by atoms with Crippen LogP contribution in [0.4, 0.5) is 0 Å². The molecule has 1 fully saturated rings. The highest BCUT2D eigenvalue weighted by Gasteiger charge is 2.57. The van der Waals surface area contributed by atoms with Crippen LogP contribution in [0.5, 0.6) is 0 Å². The number of allylic oxidation sites excluding steroid dienone is 1. The normalized spacial score (nSPS) is 26.7. The molecule has 1 saturated heterocycles. The second-order valence-corrected chi connectivity index (χ2v) is 8.82. The first-order chi connectivity index (χ1) is 15.4. The van der Waals surface area contributed by atoms with E-state index in [1.807, 2.05) is 6.92 Å². The molecule has 188 valence electrons. The monoisotopic (exact) mass is 470 g/mol. The van der Waals surface area contributed by atoms with Gasteiger partial charge in [-0.1, -0.05) is 33.3 Å². The summed E-state index contributed by atoms with van der Waals surface area (Å²) in [5.74, 6) is -3.53. The standard InChI is InChI=1S/C24H38O9/c1-7-8-12-31-16(2)20(27)15-19-13-18(14-21(28)30-6)22(32-17(3)26)24(29,33-19)23(4,5)10-9-11-25/h9-11,14,16,19-20,22,27,29H,7-8,12-13,15H2,1-6H3/b10-9+,18-14+/t16-,19+,20-,22+,24-/m1/s1. The first-order valence-corrected chi connectivity index (χ1v) is 11.2. The van der Waals surface area contributed by atoms with E-state index in [0.717, 1.165) is 18.9 Å². The molecule has 0 bridgehead atoms. The van der Waals surface area contributed by atoms with Crippen LogP contribution in [0.1, 0.15) is 60.3 Å². The summed E-state index contributed by atoms with van der Waals surface area (Å²) in [5, 5.41) is 22.4. The average molecular weight is 471 g/mol. The molecule has 1 heterocycles. The maximum absolute atomic E-state index is 12.0. The highest BCUT2D eigenvalue weighted by Crippen LogP contribution is 2.46. The Morgan fingerprint density at radius 1 is 1.36 bits per heavy atom. The van der Waals surface area contributed by atoms with Crippen molar-refractivity contribution in [2.75, 3.05) is 13.7 Å². The lowest BCUT2D eigenvalue weighted by Gasteiger charge is -2.50. The Morgan fingerprint density at radius 3 is 2.58 bits per heavy atom. The van der Waals surface area contributed by atoms with Gasteiger partial charge >= 0.3 is 11.9 Å². The Hall–Kier alpha value is -2.07. The zero-order valence-electron chi connectivity index (χ0n) is 20.4. The number of methoxy groups -OCH3 is 1. The molecule has 9 nitrogen and oxygen atoms in total. The lowest BCUT2D eigenvalue weighted by molar-refractivity contribution is -0.327. The molecule has 0 aromatic heterocycles. The Morgan fingerprint density at radius 2 is 2.03 bits per heavy atom. The lowest BCUT2D eigenvalue weighted by Crippen LogP contribution is -2.62. The quantitative estimate of drug-likeness (QED) is 0.191.